The van der Waals surface area contributed by atoms with Crippen LogP contribution in [0.4, 0.5) is 5.13 Å². The maximum atomic E-state index is 11.6. The minimum atomic E-state index is 0.0238. The van der Waals surface area contributed by atoms with Crippen LogP contribution < -0.4 is 10.1 Å². The SMILES string of the molecule is CCCC(=O)Nc1nc(-c2ccc3c(c2)CCO3)cs1. The van der Waals surface area contributed by atoms with Crippen LogP contribution in [-0.2, 0) is 11.2 Å². The van der Waals surface area contributed by atoms with E-state index in [2.05, 4.69) is 16.4 Å². The second kappa shape index (κ2) is 5.63. The summed E-state index contributed by atoms with van der Waals surface area (Å²) in [5.74, 6) is 0.996. The van der Waals surface area contributed by atoms with Crippen molar-refractivity contribution in [2.75, 3.05) is 11.9 Å². The first kappa shape index (κ1) is 13.1. The monoisotopic (exact) mass is 288 g/mol. The Morgan fingerprint density at radius 1 is 1.50 bits per heavy atom. The van der Waals surface area contributed by atoms with Gasteiger partial charge in [0.15, 0.2) is 5.13 Å². The van der Waals surface area contributed by atoms with Crippen LogP contribution in [0, 0.1) is 0 Å². The summed E-state index contributed by atoms with van der Waals surface area (Å²) in [6.45, 7) is 2.74. The first-order valence-corrected chi connectivity index (χ1v) is 7.65. The third-order valence-electron chi connectivity index (χ3n) is 3.21. The van der Waals surface area contributed by atoms with Crippen molar-refractivity contribution in [3.8, 4) is 17.0 Å². The lowest BCUT2D eigenvalue weighted by Gasteiger charge is -2.01. The molecule has 1 aromatic heterocycles. The van der Waals surface area contributed by atoms with Gasteiger partial charge < -0.3 is 10.1 Å². The van der Waals surface area contributed by atoms with Gasteiger partial charge in [0.1, 0.15) is 5.75 Å². The van der Waals surface area contributed by atoms with Crippen LogP contribution in [-0.4, -0.2) is 17.5 Å². The summed E-state index contributed by atoms with van der Waals surface area (Å²) in [4.78, 5) is 16.0. The molecule has 0 unspecified atom stereocenters. The number of nitrogens with one attached hydrogen (secondary N) is 1. The zero-order valence-corrected chi connectivity index (χ0v) is 12.1. The molecule has 0 aliphatic carbocycles. The van der Waals surface area contributed by atoms with Crippen LogP contribution in [0.25, 0.3) is 11.3 Å². The molecule has 1 amide bonds. The Balaban J connectivity index is 1.78. The van der Waals surface area contributed by atoms with Gasteiger partial charge in [0, 0.05) is 23.8 Å². The van der Waals surface area contributed by atoms with E-state index >= 15 is 0 Å². The molecule has 1 aliphatic rings. The van der Waals surface area contributed by atoms with Crippen molar-refractivity contribution in [2.24, 2.45) is 0 Å². The average Bonchev–Trinajstić information content (AvgIpc) is 3.06. The molecule has 5 heteroatoms. The Labute approximate surface area is 121 Å². The zero-order chi connectivity index (χ0) is 13.9. The van der Waals surface area contributed by atoms with Crippen LogP contribution in [0.3, 0.4) is 0 Å². The molecular formula is C15H16N2O2S. The molecule has 2 aromatic rings. The summed E-state index contributed by atoms with van der Waals surface area (Å²) >= 11 is 1.46. The molecule has 4 nitrogen and oxygen atoms in total. The highest BCUT2D eigenvalue weighted by Gasteiger charge is 2.14. The predicted molar refractivity (Wildman–Crippen MR) is 80.3 cm³/mol. The summed E-state index contributed by atoms with van der Waals surface area (Å²) in [5.41, 5.74) is 3.20. The van der Waals surface area contributed by atoms with E-state index in [9.17, 15) is 4.79 Å². The molecule has 0 saturated heterocycles. The maximum absolute atomic E-state index is 11.6. The third kappa shape index (κ3) is 2.67. The quantitative estimate of drug-likeness (QED) is 0.937. The summed E-state index contributed by atoms with van der Waals surface area (Å²) in [5, 5.41) is 5.46. The van der Waals surface area contributed by atoms with Crippen LogP contribution in [0.5, 0.6) is 5.75 Å². The topological polar surface area (TPSA) is 51.2 Å². The van der Waals surface area contributed by atoms with Gasteiger partial charge in [0.2, 0.25) is 5.91 Å². The summed E-state index contributed by atoms with van der Waals surface area (Å²) in [6.07, 6.45) is 2.33. The van der Waals surface area contributed by atoms with E-state index < -0.39 is 0 Å². The molecule has 0 saturated carbocycles. The van der Waals surface area contributed by atoms with Gasteiger partial charge >= 0.3 is 0 Å². The predicted octanol–water partition coefficient (Wildman–Crippen LogP) is 3.48. The molecule has 0 spiro atoms. The lowest BCUT2D eigenvalue weighted by molar-refractivity contribution is -0.116. The first-order valence-electron chi connectivity index (χ1n) is 6.77. The number of ether oxygens (including phenoxy) is 1. The fourth-order valence-electron chi connectivity index (χ4n) is 2.22. The molecular weight excluding hydrogens is 272 g/mol. The number of fused-ring (bicyclic) bond motifs is 1. The molecule has 3 rings (SSSR count). The van der Waals surface area contributed by atoms with E-state index in [4.69, 9.17) is 4.74 Å². The van der Waals surface area contributed by atoms with Crippen molar-refractivity contribution in [2.45, 2.75) is 26.2 Å². The van der Waals surface area contributed by atoms with Gasteiger partial charge in [-0.2, -0.15) is 0 Å². The van der Waals surface area contributed by atoms with Crippen molar-refractivity contribution in [1.29, 1.82) is 0 Å². The van der Waals surface area contributed by atoms with E-state index in [1.165, 1.54) is 16.9 Å². The smallest absolute Gasteiger partial charge is 0.226 e. The Morgan fingerprint density at radius 2 is 2.40 bits per heavy atom. The molecule has 0 radical (unpaired) electrons. The number of hydrogen-bond acceptors (Lipinski definition) is 4. The lowest BCUT2D eigenvalue weighted by Crippen LogP contribution is -2.10. The van der Waals surface area contributed by atoms with Crippen molar-refractivity contribution in [3.05, 3.63) is 29.1 Å². The number of aromatic nitrogens is 1. The normalized spacial score (nSPS) is 12.8. The highest BCUT2D eigenvalue weighted by molar-refractivity contribution is 7.14. The molecule has 104 valence electrons. The number of carbonyl (C=O) groups is 1. The highest BCUT2D eigenvalue weighted by Crippen LogP contribution is 2.31. The lowest BCUT2D eigenvalue weighted by atomic mass is 10.1. The van der Waals surface area contributed by atoms with Crippen LogP contribution in [0.2, 0.25) is 0 Å². The summed E-state index contributed by atoms with van der Waals surface area (Å²) in [6, 6.07) is 6.12. The maximum Gasteiger partial charge on any atom is 0.226 e. The largest absolute Gasteiger partial charge is 0.493 e. The number of amides is 1. The van der Waals surface area contributed by atoms with Crippen LogP contribution in [0.1, 0.15) is 25.3 Å². The third-order valence-corrected chi connectivity index (χ3v) is 3.97. The van der Waals surface area contributed by atoms with E-state index in [0.717, 1.165) is 36.5 Å². The summed E-state index contributed by atoms with van der Waals surface area (Å²) in [7, 11) is 0. The fourth-order valence-corrected chi connectivity index (χ4v) is 2.95. The molecule has 1 aliphatic heterocycles. The van der Waals surface area contributed by atoms with Gasteiger partial charge in [0.05, 0.1) is 12.3 Å². The molecule has 20 heavy (non-hydrogen) atoms. The molecule has 0 fully saturated rings. The second-order valence-corrected chi connectivity index (χ2v) is 5.62. The second-order valence-electron chi connectivity index (χ2n) is 4.76. The Hall–Kier alpha value is -1.88. The minimum Gasteiger partial charge on any atom is -0.493 e. The highest BCUT2D eigenvalue weighted by atomic mass is 32.1. The average molecular weight is 288 g/mol. The van der Waals surface area contributed by atoms with Gasteiger partial charge in [-0.3, -0.25) is 4.79 Å². The van der Waals surface area contributed by atoms with E-state index in [1.807, 2.05) is 24.4 Å². The molecule has 2 heterocycles. The zero-order valence-electron chi connectivity index (χ0n) is 11.3. The van der Waals surface area contributed by atoms with Gasteiger partial charge in [-0.15, -0.1) is 11.3 Å². The summed E-state index contributed by atoms with van der Waals surface area (Å²) < 4.78 is 5.50. The van der Waals surface area contributed by atoms with Gasteiger partial charge in [0.25, 0.3) is 0 Å². The number of anilines is 1. The molecule has 0 atom stereocenters. The molecule has 0 bridgehead atoms. The number of nitrogens with zero attached hydrogens (tertiary/aromatic N) is 1. The molecule has 1 aromatic carbocycles. The van der Waals surface area contributed by atoms with Crippen LogP contribution >= 0.6 is 11.3 Å². The van der Waals surface area contributed by atoms with Crippen molar-refractivity contribution in [1.82, 2.24) is 4.98 Å². The van der Waals surface area contributed by atoms with E-state index in [0.29, 0.717) is 11.6 Å². The van der Waals surface area contributed by atoms with Crippen molar-refractivity contribution in [3.63, 3.8) is 0 Å². The minimum absolute atomic E-state index is 0.0238. The number of thiazole rings is 1. The number of benzene rings is 1. The van der Waals surface area contributed by atoms with Crippen LogP contribution in [0.15, 0.2) is 23.6 Å². The van der Waals surface area contributed by atoms with E-state index in [1.54, 1.807) is 0 Å². The van der Waals surface area contributed by atoms with Gasteiger partial charge in [-0.1, -0.05) is 6.92 Å². The standard InChI is InChI=1S/C15H16N2O2S/c1-2-3-14(18)17-15-16-12(9-20-15)10-4-5-13-11(8-10)6-7-19-13/h4-5,8-9H,2-3,6-7H2,1H3,(H,16,17,18). The molecule has 1 N–H and O–H groups in total. The van der Waals surface area contributed by atoms with Crippen molar-refractivity contribution < 1.29 is 9.53 Å². The fraction of sp³-hybridized carbons (Fsp3) is 0.333. The Bertz CT molecular complexity index is 637. The number of rotatable bonds is 4. The van der Waals surface area contributed by atoms with E-state index in [-0.39, 0.29) is 5.91 Å². The van der Waals surface area contributed by atoms with Gasteiger partial charge in [-0.25, -0.2) is 4.98 Å². The Morgan fingerprint density at radius 3 is 3.25 bits per heavy atom. The number of carbonyl (C=O) groups excluding carboxylic acids is 1. The number of hydrogen-bond donors (Lipinski definition) is 1. The van der Waals surface area contributed by atoms with Crippen molar-refractivity contribution >= 4 is 22.4 Å². The van der Waals surface area contributed by atoms with Gasteiger partial charge in [-0.05, 0) is 30.2 Å². The Kier molecular flexibility index (Phi) is 3.69. The first-order chi connectivity index (χ1) is 9.76.